The predicted molar refractivity (Wildman–Crippen MR) is 128 cm³/mol. The largest absolute Gasteiger partial charge is 0.392 e. The number of hydrogen-bond donors (Lipinski definition) is 1. The van der Waals surface area contributed by atoms with Crippen LogP contribution >= 0.6 is 0 Å². The van der Waals surface area contributed by atoms with Crippen molar-refractivity contribution in [2.75, 3.05) is 26.7 Å². The first-order chi connectivity index (χ1) is 16.7. The van der Waals surface area contributed by atoms with E-state index in [1.807, 2.05) is 0 Å². The molecule has 7 heteroatoms. The molecule has 0 saturated carbocycles. The molecule has 1 heterocycles. The lowest BCUT2D eigenvalue weighted by atomic mass is 9.74. The predicted octanol–water partition coefficient (Wildman–Crippen LogP) is 4.68. The summed E-state index contributed by atoms with van der Waals surface area (Å²) >= 11 is 0. The molecule has 1 aliphatic rings. The van der Waals surface area contributed by atoms with Crippen molar-refractivity contribution in [3.8, 4) is 0 Å². The second-order valence-corrected chi connectivity index (χ2v) is 9.32. The van der Waals surface area contributed by atoms with Crippen molar-refractivity contribution in [2.24, 2.45) is 0 Å². The topological polar surface area (TPSA) is 43.8 Å². The van der Waals surface area contributed by atoms with E-state index >= 15 is 0 Å². The number of carbonyl (C=O) groups is 1. The molecule has 3 aromatic rings. The van der Waals surface area contributed by atoms with E-state index in [9.17, 15) is 23.1 Å². The molecule has 0 radical (unpaired) electrons. The summed E-state index contributed by atoms with van der Waals surface area (Å²) in [4.78, 5) is 17.9. The molecule has 0 unspecified atom stereocenters. The molecule has 2 atom stereocenters. The van der Waals surface area contributed by atoms with Crippen LogP contribution in [0.2, 0.25) is 0 Å². The number of benzene rings is 3. The summed E-state index contributed by atoms with van der Waals surface area (Å²) in [7, 11) is 1.69. The number of halogens is 3. The fourth-order valence-corrected chi connectivity index (χ4v) is 4.83. The van der Waals surface area contributed by atoms with Crippen LogP contribution in [0.25, 0.3) is 0 Å². The van der Waals surface area contributed by atoms with Gasteiger partial charge >= 0.3 is 0 Å². The van der Waals surface area contributed by atoms with Crippen LogP contribution in [-0.2, 0) is 10.2 Å². The summed E-state index contributed by atoms with van der Waals surface area (Å²) in [6, 6.07) is 17.0. The van der Waals surface area contributed by atoms with Gasteiger partial charge in [0.05, 0.1) is 17.6 Å². The summed E-state index contributed by atoms with van der Waals surface area (Å²) in [5.74, 6) is -1.49. The minimum absolute atomic E-state index is 0.273. The first-order valence-electron chi connectivity index (χ1n) is 11.6. The van der Waals surface area contributed by atoms with Gasteiger partial charge in [0.2, 0.25) is 5.91 Å². The zero-order valence-electron chi connectivity index (χ0n) is 19.8. The molecule has 0 bridgehead atoms. The van der Waals surface area contributed by atoms with Crippen LogP contribution in [-0.4, -0.2) is 53.6 Å². The Morgan fingerprint density at radius 2 is 1.40 bits per heavy atom. The number of rotatable bonds is 7. The zero-order chi connectivity index (χ0) is 25.2. The minimum atomic E-state index is -1.24. The zero-order valence-corrected chi connectivity index (χ0v) is 19.8. The third kappa shape index (κ3) is 5.26. The lowest BCUT2D eigenvalue weighted by Crippen LogP contribution is -2.48. The van der Waals surface area contributed by atoms with E-state index in [1.54, 1.807) is 55.3 Å². The molecule has 1 aliphatic heterocycles. The van der Waals surface area contributed by atoms with E-state index in [0.717, 1.165) is 5.56 Å². The fourth-order valence-electron chi connectivity index (χ4n) is 4.83. The Hall–Kier alpha value is -3.16. The van der Waals surface area contributed by atoms with Crippen molar-refractivity contribution >= 4 is 5.91 Å². The van der Waals surface area contributed by atoms with Crippen molar-refractivity contribution in [3.63, 3.8) is 0 Å². The van der Waals surface area contributed by atoms with Gasteiger partial charge in [-0.15, -0.1) is 0 Å². The molecule has 35 heavy (non-hydrogen) atoms. The van der Waals surface area contributed by atoms with Gasteiger partial charge in [0, 0.05) is 26.7 Å². The quantitative estimate of drug-likeness (QED) is 0.532. The summed E-state index contributed by atoms with van der Waals surface area (Å²) in [6.07, 6.45) is 0.227. The Bertz CT molecular complexity index is 1100. The van der Waals surface area contributed by atoms with Gasteiger partial charge in [-0.25, -0.2) is 13.2 Å². The van der Waals surface area contributed by atoms with Gasteiger partial charge in [-0.2, -0.15) is 0 Å². The molecular formula is C28H29F3N2O2. The van der Waals surface area contributed by atoms with Crippen molar-refractivity contribution in [1.29, 1.82) is 0 Å². The van der Waals surface area contributed by atoms with Crippen LogP contribution in [0.1, 0.15) is 36.1 Å². The summed E-state index contributed by atoms with van der Waals surface area (Å²) in [6.45, 7) is 3.38. The average Bonchev–Trinajstić information content (AvgIpc) is 3.27. The highest BCUT2D eigenvalue weighted by Crippen LogP contribution is 2.37. The molecule has 1 fully saturated rings. The Morgan fingerprint density at radius 3 is 1.83 bits per heavy atom. The first kappa shape index (κ1) is 24.9. The SMILES string of the molecule is CN(C(=O)C(C)(c1ccc(F)cc1)c1ccc(F)cc1)[C@H](CN1CC[C@H](O)C1)c1ccc(F)cc1. The number of likely N-dealkylation sites (tertiary alicyclic amines) is 1. The highest BCUT2D eigenvalue weighted by atomic mass is 19.1. The molecule has 184 valence electrons. The maximum Gasteiger partial charge on any atom is 0.237 e. The number of nitrogens with zero attached hydrogens (tertiary/aromatic N) is 2. The third-order valence-corrected chi connectivity index (χ3v) is 6.99. The standard InChI is InChI=1S/C28H29F3N2O2/c1-28(20-5-11-23(30)12-6-20,21-7-13-24(31)14-8-21)27(35)32(2)26(18-33-16-15-25(34)17-33)19-3-9-22(29)10-4-19/h3-14,25-26,34H,15-18H2,1-2H3/t25-,26+/m0/s1. The van der Waals surface area contributed by atoms with Crippen LogP contribution in [0.3, 0.4) is 0 Å². The van der Waals surface area contributed by atoms with Crippen LogP contribution in [0.15, 0.2) is 72.8 Å². The number of hydrogen-bond acceptors (Lipinski definition) is 3. The van der Waals surface area contributed by atoms with E-state index in [4.69, 9.17) is 0 Å². The molecule has 3 aromatic carbocycles. The smallest absolute Gasteiger partial charge is 0.237 e. The molecule has 1 N–H and O–H groups in total. The van der Waals surface area contributed by atoms with Gasteiger partial charge in [-0.05, 0) is 66.4 Å². The van der Waals surface area contributed by atoms with Gasteiger partial charge in [0.1, 0.15) is 17.5 Å². The van der Waals surface area contributed by atoms with E-state index in [0.29, 0.717) is 37.2 Å². The van der Waals surface area contributed by atoms with E-state index in [2.05, 4.69) is 4.90 Å². The normalized spacial score (nSPS) is 17.4. The maximum absolute atomic E-state index is 14.3. The van der Waals surface area contributed by atoms with Crippen molar-refractivity contribution in [3.05, 3.63) is 107 Å². The molecule has 1 saturated heterocycles. The van der Waals surface area contributed by atoms with Crippen molar-refractivity contribution < 1.29 is 23.1 Å². The number of aliphatic hydroxyl groups excluding tert-OH is 1. The van der Waals surface area contributed by atoms with E-state index in [1.165, 1.54) is 36.4 Å². The van der Waals surface area contributed by atoms with Gasteiger partial charge in [-0.3, -0.25) is 9.69 Å². The van der Waals surface area contributed by atoms with Gasteiger partial charge < -0.3 is 10.0 Å². The van der Waals surface area contributed by atoms with Crippen LogP contribution < -0.4 is 0 Å². The van der Waals surface area contributed by atoms with Crippen LogP contribution in [0, 0.1) is 17.5 Å². The minimum Gasteiger partial charge on any atom is -0.392 e. The monoisotopic (exact) mass is 482 g/mol. The van der Waals surface area contributed by atoms with Crippen molar-refractivity contribution in [2.45, 2.75) is 30.9 Å². The lowest BCUT2D eigenvalue weighted by molar-refractivity contribution is -0.136. The fraction of sp³-hybridized carbons (Fsp3) is 0.321. The molecule has 0 aliphatic carbocycles. The van der Waals surface area contributed by atoms with E-state index in [-0.39, 0.29) is 11.7 Å². The van der Waals surface area contributed by atoms with Gasteiger partial charge in [0.25, 0.3) is 0 Å². The second-order valence-electron chi connectivity index (χ2n) is 9.32. The Labute approximate surface area is 203 Å². The number of carbonyl (C=O) groups excluding carboxylic acids is 1. The van der Waals surface area contributed by atoms with Crippen molar-refractivity contribution in [1.82, 2.24) is 9.80 Å². The van der Waals surface area contributed by atoms with Gasteiger partial charge in [-0.1, -0.05) is 36.4 Å². The molecular weight excluding hydrogens is 453 g/mol. The summed E-state index contributed by atoms with van der Waals surface area (Å²) in [5, 5.41) is 10.0. The van der Waals surface area contributed by atoms with Crippen LogP contribution in [0.4, 0.5) is 13.2 Å². The Kier molecular flexibility index (Phi) is 7.28. The highest BCUT2D eigenvalue weighted by molar-refractivity contribution is 5.92. The number of β-amino-alcohol motifs (C(OH)–C–C–N with tert-alkyl or cyclic N) is 1. The van der Waals surface area contributed by atoms with Crippen LogP contribution in [0.5, 0.6) is 0 Å². The highest BCUT2D eigenvalue weighted by Gasteiger charge is 2.42. The van der Waals surface area contributed by atoms with Gasteiger partial charge in [0.15, 0.2) is 0 Å². The van der Waals surface area contributed by atoms with E-state index < -0.39 is 29.2 Å². The molecule has 0 spiro atoms. The molecule has 0 aromatic heterocycles. The molecule has 4 rings (SSSR count). The first-order valence-corrected chi connectivity index (χ1v) is 11.6. The maximum atomic E-state index is 14.3. The third-order valence-electron chi connectivity index (χ3n) is 6.99. The average molecular weight is 483 g/mol. The number of likely N-dealkylation sites (N-methyl/N-ethyl adjacent to an activating group) is 1. The summed E-state index contributed by atoms with van der Waals surface area (Å²) in [5.41, 5.74) is 0.650. The molecule has 4 nitrogen and oxygen atoms in total. The second kappa shape index (κ2) is 10.2. The summed E-state index contributed by atoms with van der Waals surface area (Å²) < 4.78 is 41.1. The number of aliphatic hydroxyl groups is 1. The Balaban J connectivity index is 1.75. The molecule has 1 amide bonds. The lowest BCUT2D eigenvalue weighted by Gasteiger charge is -2.39. The number of amides is 1. The Morgan fingerprint density at radius 1 is 0.943 bits per heavy atom.